The molecule has 0 spiro atoms. The summed E-state index contributed by atoms with van der Waals surface area (Å²) in [5, 5.41) is 0. The van der Waals surface area contributed by atoms with E-state index >= 15 is 0 Å². The van der Waals surface area contributed by atoms with Gasteiger partial charge in [-0.1, -0.05) is 96.2 Å². The van der Waals surface area contributed by atoms with Crippen molar-refractivity contribution in [3.05, 3.63) is 24.3 Å². The van der Waals surface area contributed by atoms with Gasteiger partial charge in [0.1, 0.15) is 34.6 Å². The summed E-state index contributed by atoms with van der Waals surface area (Å²) in [6.45, 7) is 54.6. The summed E-state index contributed by atoms with van der Waals surface area (Å²) < 4.78 is 73.7. The van der Waals surface area contributed by atoms with E-state index in [2.05, 4.69) is 59.4 Å². The minimum absolute atomic E-state index is 0.00225. The highest BCUT2D eigenvalue weighted by molar-refractivity contribution is 5.90. The first-order valence-electron chi connectivity index (χ1n) is 51.6. The van der Waals surface area contributed by atoms with Crippen molar-refractivity contribution in [3.8, 4) is 0 Å². The molecule has 4 heterocycles. The Labute approximate surface area is 809 Å². The van der Waals surface area contributed by atoms with Crippen molar-refractivity contribution in [1.82, 2.24) is 0 Å². The van der Waals surface area contributed by atoms with Crippen LogP contribution in [-0.2, 0) is 133 Å². The first-order chi connectivity index (χ1) is 63.5. The topological polar surface area (TPSA) is 368 Å². The molecule has 0 radical (unpaired) electrons. The molecule has 14 aliphatic carbocycles. The Kier molecular flexibility index (Phi) is 38.3. The minimum atomic E-state index is -0.728. The van der Waals surface area contributed by atoms with E-state index in [9.17, 15) is 67.1 Å². The number of esters is 14. The van der Waals surface area contributed by atoms with Crippen LogP contribution in [0, 0.1) is 140 Å². The Bertz CT molecular complexity index is 4180. The van der Waals surface area contributed by atoms with Crippen LogP contribution in [0.25, 0.3) is 0 Å². The Morgan fingerprint density at radius 1 is 0.375 bits per heavy atom. The number of hydrogen-bond acceptors (Lipinski definition) is 28. The number of carbonyl (C=O) groups is 14. The molecule has 0 amide bonds. The molecule has 0 aromatic heterocycles. The fourth-order valence-corrected chi connectivity index (χ4v) is 24.1. The normalized spacial score (nSPS) is 32.3. The molecule has 136 heavy (non-hydrogen) atoms. The molecule has 0 N–H and O–H groups in total. The highest BCUT2D eigenvalue weighted by Gasteiger charge is 2.65. The van der Waals surface area contributed by atoms with Gasteiger partial charge in [-0.2, -0.15) is 0 Å². The third-order valence-electron chi connectivity index (χ3n) is 33.7. The van der Waals surface area contributed by atoms with Crippen molar-refractivity contribution in [3.63, 3.8) is 0 Å². The number of cyclic esters (lactones) is 4. The van der Waals surface area contributed by atoms with Crippen LogP contribution in [0.4, 0.5) is 0 Å². The second-order valence-electron chi connectivity index (χ2n) is 46.7. The second-order valence-corrected chi connectivity index (χ2v) is 46.7. The summed E-state index contributed by atoms with van der Waals surface area (Å²) in [5.41, 5.74) is -1.93. The Balaban J connectivity index is 0.000000176. The number of rotatable bonds is 26. The smallest absolute Gasteiger partial charge is 0.347 e. The van der Waals surface area contributed by atoms with E-state index in [1.54, 1.807) is 27.7 Å². The van der Waals surface area contributed by atoms with Gasteiger partial charge < -0.3 is 66.3 Å². The summed E-state index contributed by atoms with van der Waals surface area (Å²) in [5.74, 6) is 4.04. The van der Waals surface area contributed by atoms with Crippen molar-refractivity contribution in [2.45, 2.75) is 393 Å². The van der Waals surface area contributed by atoms with Crippen LogP contribution in [-0.4, -0.2) is 170 Å². The van der Waals surface area contributed by atoms with Crippen LogP contribution in [0.3, 0.4) is 0 Å². The lowest BCUT2D eigenvalue weighted by molar-refractivity contribution is -0.231. The molecule has 4 aliphatic heterocycles. The number of fused-ring (bicyclic) bond motifs is 10. The van der Waals surface area contributed by atoms with Crippen molar-refractivity contribution >= 4 is 83.6 Å². The number of hydrogen-bond donors (Lipinski definition) is 0. The zero-order valence-electron chi connectivity index (χ0n) is 86.7. The molecular formula is C108H168O28. The largest absolute Gasteiger partial charge is 0.465 e. The van der Waals surface area contributed by atoms with Gasteiger partial charge in [0.05, 0.1) is 71.8 Å². The second kappa shape index (κ2) is 46.6. The van der Waals surface area contributed by atoms with E-state index in [1.165, 1.54) is 104 Å². The number of carbonyl (C=O) groups excluding carboxylic acids is 14. The predicted molar refractivity (Wildman–Crippen MR) is 504 cm³/mol. The summed E-state index contributed by atoms with van der Waals surface area (Å²) >= 11 is 0. The summed E-state index contributed by atoms with van der Waals surface area (Å²) in [4.78, 5) is 163. The van der Waals surface area contributed by atoms with Crippen molar-refractivity contribution in [1.29, 1.82) is 0 Å². The van der Waals surface area contributed by atoms with Gasteiger partial charge in [-0.3, -0.25) is 38.4 Å². The third-order valence-corrected chi connectivity index (χ3v) is 33.7. The van der Waals surface area contributed by atoms with E-state index in [0.717, 1.165) is 87.9 Å². The predicted octanol–water partition coefficient (Wildman–Crippen LogP) is 18.9. The zero-order chi connectivity index (χ0) is 101. The Hall–Kier alpha value is -7.94. The van der Waals surface area contributed by atoms with Gasteiger partial charge in [0.25, 0.3) is 0 Å². The van der Waals surface area contributed by atoms with E-state index in [0.29, 0.717) is 111 Å². The quantitative estimate of drug-likeness (QED) is 0.0441. The lowest BCUT2D eigenvalue weighted by atomic mass is 9.47. The maximum Gasteiger partial charge on any atom is 0.347 e. The number of ether oxygens (including phenoxy) is 14. The van der Waals surface area contributed by atoms with Gasteiger partial charge in [-0.05, 0) is 321 Å². The van der Waals surface area contributed by atoms with Gasteiger partial charge in [0.15, 0.2) is 13.2 Å². The Morgan fingerprint density at radius 2 is 0.706 bits per heavy atom. The molecule has 18 aliphatic rings. The molecule has 28 nitrogen and oxygen atoms in total. The highest BCUT2D eigenvalue weighted by atomic mass is 16.6. The first-order valence-corrected chi connectivity index (χ1v) is 51.6. The molecule has 4 saturated heterocycles. The van der Waals surface area contributed by atoms with Gasteiger partial charge in [0.2, 0.25) is 12.2 Å². The lowest BCUT2D eigenvalue weighted by Gasteiger charge is -2.62. The highest BCUT2D eigenvalue weighted by Crippen LogP contribution is 2.65. The van der Waals surface area contributed by atoms with Gasteiger partial charge in [-0.25, -0.2) is 28.8 Å². The molecule has 14 saturated carbocycles. The molecule has 0 aromatic rings. The van der Waals surface area contributed by atoms with Crippen LogP contribution >= 0.6 is 0 Å². The average Bonchev–Trinajstić information content (AvgIpc) is 1.22. The summed E-state index contributed by atoms with van der Waals surface area (Å²) in [6.07, 6.45) is 27.5. The molecule has 12 bridgehead atoms. The molecule has 18 rings (SSSR count). The fourth-order valence-electron chi connectivity index (χ4n) is 24.1. The average molecular weight is 1910 g/mol. The van der Waals surface area contributed by atoms with E-state index < -0.39 is 71.4 Å². The molecule has 768 valence electrons. The van der Waals surface area contributed by atoms with Crippen LogP contribution in [0.15, 0.2) is 24.3 Å². The molecule has 18 fully saturated rings. The standard InChI is InChI=1S/C19H32O2.C17H24O6.C17H28O2.C15H18O6.C12H22O2.C10H16O4.C10H18O2.C8H10O4/c1-6-18(4,5)17(20)21-19(12(2)3)15-8-13-7-14(10-15)11-16(19)9-13;1-4-17(2,3)16(20)22-8-13(18)23-12-6-9-5-10(12)14-11(9)7-21-15(14)19;1-10(2)16(18)19-17(11(3)4)14-6-12-5-13(8-14)9-15(17)7-12;1-7(2)14(17)20-6-12(16)21-11-4-8-3-9(11)13-10(8)5-19-15(13)18;1-5-11(2,3)10(13)14-12(4)8-6-7-9-12;1-4-10(2,3)9(12)14-7-5-6-13-8(7)11;1-8(2)9(11)12-10(3)6-4-5-7-10;1-5(2)7(9)12-6-3-4-11-8(6)10/h12-16H,6-11H2,1-5H3;9-12,14H,4-8H2,1-3H3;10-15H,5-9H2,1-4H3;8-11,13H,1,3-6H2,2H3;5-9H2,1-4H3;7H,4-6H2,1-3H3;8H,4-7H2,1-3H3;6H,1,3-4H2,2H3. The summed E-state index contributed by atoms with van der Waals surface area (Å²) in [7, 11) is 0. The van der Waals surface area contributed by atoms with Gasteiger partial charge in [0, 0.05) is 47.7 Å². The van der Waals surface area contributed by atoms with E-state index in [4.69, 9.17) is 61.6 Å². The van der Waals surface area contributed by atoms with Crippen LogP contribution in [0.5, 0.6) is 0 Å². The molecular weight excluding hydrogens is 1750 g/mol. The van der Waals surface area contributed by atoms with Gasteiger partial charge >= 0.3 is 83.6 Å². The van der Waals surface area contributed by atoms with Crippen LogP contribution < -0.4 is 0 Å². The van der Waals surface area contributed by atoms with Crippen LogP contribution in [0.1, 0.15) is 346 Å². The zero-order valence-corrected chi connectivity index (χ0v) is 86.7. The lowest BCUT2D eigenvalue weighted by Crippen LogP contribution is -2.63. The molecule has 12 atom stereocenters. The maximum absolute atomic E-state index is 12.8. The van der Waals surface area contributed by atoms with Crippen molar-refractivity contribution in [2.24, 2.45) is 140 Å². The SMILES string of the molecule is C=C(C)C(=O)OC1CCOC1=O.C=C(C)C(=O)OCC(=O)OC1CC2CC1C1C(=O)OCC21.CC(C)C(=O)OC1(C(C)C)C2CC3CC(C2)CC1C3.CC(C)C(=O)OC1(C)CCCC1.CCC(C)(C)C(=O)OC1(C(C)C)C2CC3CC(C2)CC1C3.CCC(C)(C)C(=O)OC1(C)CCCC1.CCC(C)(C)C(=O)OC1CCOC1=O.CCC(C)(C)C(=O)OCC(=O)OC1CC2CC1C1C(=O)OCC21. The fraction of sp³-hybridized carbons (Fsp3) is 0.833. The van der Waals surface area contributed by atoms with Crippen LogP contribution in [0.2, 0.25) is 0 Å². The first kappa shape index (κ1) is 112. The molecule has 0 aromatic carbocycles. The molecule has 12 unspecified atom stereocenters. The molecule has 28 heteroatoms. The van der Waals surface area contributed by atoms with E-state index in [1.807, 2.05) is 83.1 Å². The maximum atomic E-state index is 12.8. The third kappa shape index (κ3) is 27.0. The van der Waals surface area contributed by atoms with Crippen molar-refractivity contribution < 1.29 is 133 Å². The minimum Gasteiger partial charge on any atom is -0.465 e. The van der Waals surface area contributed by atoms with Gasteiger partial charge in [-0.15, -0.1) is 0 Å². The monoisotopic (exact) mass is 1910 g/mol. The summed E-state index contributed by atoms with van der Waals surface area (Å²) in [6, 6.07) is 0. The van der Waals surface area contributed by atoms with E-state index in [-0.39, 0.29) is 140 Å². The van der Waals surface area contributed by atoms with Crippen molar-refractivity contribution in [2.75, 3.05) is 39.6 Å². The Morgan fingerprint density at radius 3 is 1.05 bits per heavy atom.